The summed E-state index contributed by atoms with van der Waals surface area (Å²) in [5.41, 5.74) is 2.62. The first kappa shape index (κ1) is 18.6. The zero-order valence-corrected chi connectivity index (χ0v) is 15.2. The molecule has 1 atom stereocenters. The van der Waals surface area contributed by atoms with Crippen molar-refractivity contribution in [1.29, 1.82) is 0 Å². The molecule has 1 aliphatic rings. The van der Waals surface area contributed by atoms with Crippen LogP contribution in [0.15, 0.2) is 54.6 Å². The SMILES string of the molecule is Cc1ccccc1NC(=O)COC(=O)C1CC(=O)N(Cc2ccccc2)C1. The van der Waals surface area contributed by atoms with Gasteiger partial charge in [0.15, 0.2) is 6.61 Å². The molecule has 27 heavy (non-hydrogen) atoms. The van der Waals surface area contributed by atoms with Gasteiger partial charge in [-0.05, 0) is 24.1 Å². The summed E-state index contributed by atoms with van der Waals surface area (Å²) in [6.45, 7) is 2.30. The lowest BCUT2D eigenvalue weighted by Gasteiger charge is -2.16. The molecule has 1 fully saturated rings. The van der Waals surface area contributed by atoms with Crippen molar-refractivity contribution in [2.24, 2.45) is 5.92 Å². The molecule has 2 aromatic rings. The second kappa shape index (κ2) is 8.49. The van der Waals surface area contributed by atoms with Gasteiger partial charge in [-0.3, -0.25) is 14.4 Å². The van der Waals surface area contributed by atoms with Gasteiger partial charge in [0, 0.05) is 25.2 Å². The van der Waals surface area contributed by atoms with Crippen molar-refractivity contribution in [3.05, 3.63) is 65.7 Å². The molecule has 0 saturated carbocycles. The van der Waals surface area contributed by atoms with Crippen molar-refractivity contribution < 1.29 is 19.1 Å². The van der Waals surface area contributed by atoms with Crippen molar-refractivity contribution in [2.45, 2.75) is 19.9 Å². The summed E-state index contributed by atoms with van der Waals surface area (Å²) >= 11 is 0. The number of hydrogen-bond acceptors (Lipinski definition) is 4. The topological polar surface area (TPSA) is 75.7 Å². The number of para-hydroxylation sites is 1. The van der Waals surface area contributed by atoms with Crippen molar-refractivity contribution in [2.75, 3.05) is 18.5 Å². The minimum atomic E-state index is -0.535. The second-order valence-corrected chi connectivity index (χ2v) is 6.63. The fraction of sp³-hybridized carbons (Fsp3) is 0.286. The maximum atomic E-state index is 12.2. The Labute approximate surface area is 158 Å². The predicted molar refractivity (Wildman–Crippen MR) is 101 cm³/mol. The van der Waals surface area contributed by atoms with Crippen LogP contribution in [0, 0.1) is 12.8 Å². The molecular formula is C21H22N2O4. The van der Waals surface area contributed by atoms with E-state index in [1.54, 1.807) is 11.0 Å². The second-order valence-electron chi connectivity index (χ2n) is 6.63. The van der Waals surface area contributed by atoms with Gasteiger partial charge in [0.1, 0.15) is 0 Å². The molecule has 1 saturated heterocycles. The highest BCUT2D eigenvalue weighted by molar-refractivity contribution is 5.94. The lowest BCUT2D eigenvalue weighted by molar-refractivity contribution is -0.151. The van der Waals surface area contributed by atoms with E-state index in [9.17, 15) is 14.4 Å². The normalized spacial score (nSPS) is 16.3. The molecule has 140 valence electrons. The molecule has 0 aromatic heterocycles. The maximum absolute atomic E-state index is 12.2. The number of nitrogens with one attached hydrogen (secondary N) is 1. The highest BCUT2D eigenvalue weighted by Gasteiger charge is 2.35. The third-order valence-electron chi connectivity index (χ3n) is 4.53. The number of benzene rings is 2. The number of ether oxygens (including phenoxy) is 1. The smallest absolute Gasteiger partial charge is 0.311 e. The van der Waals surface area contributed by atoms with Crippen LogP contribution < -0.4 is 5.32 Å². The highest BCUT2D eigenvalue weighted by atomic mass is 16.5. The van der Waals surface area contributed by atoms with Crippen LogP contribution in [0.2, 0.25) is 0 Å². The van der Waals surface area contributed by atoms with Crippen LogP contribution >= 0.6 is 0 Å². The summed E-state index contributed by atoms with van der Waals surface area (Å²) in [6.07, 6.45) is 0.116. The Morgan fingerprint density at radius 2 is 1.81 bits per heavy atom. The Morgan fingerprint density at radius 3 is 2.56 bits per heavy atom. The lowest BCUT2D eigenvalue weighted by Crippen LogP contribution is -2.28. The van der Waals surface area contributed by atoms with E-state index in [2.05, 4.69) is 5.32 Å². The third kappa shape index (κ3) is 4.94. The van der Waals surface area contributed by atoms with Crippen LogP contribution in [-0.2, 0) is 25.7 Å². The average molecular weight is 366 g/mol. The zero-order valence-electron chi connectivity index (χ0n) is 15.2. The van der Waals surface area contributed by atoms with Crippen LogP contribution in [0.5, 0.6) is 0 Å². The van der Waals surface area contributed by atoms with Crippen molar-refractivity contribution >= 4 is 23.5 Å². The van der Waals surface area contributed by atoms with Crippen LogP contribution in [-0.4, -0.2) is 35.8 Å². The summed E-state index contributed by atoms with van der Waals surface area (Å²) in [6, 6.07) is 17.0. The minimum absolute atomic E-state index is 0.0786. The van der Waals surface area contributed by atoms with Crippen LogP contribution in [0.3, 0.4) is 0 Å². The molecule has 0 aliphatic carbocycles. The number of aryl methyl sites for hydroxylation is 1. The van der Waals surface area contributed by atoms with Gasteiger partial charge in [0.05, 0.1) is 5.92 Å². The Balaban J connectivity index is 1.48. The zero-order chi connectivity index (χ0) is 19.2. The summed E-state index contributed by atoms with van der Waals surface area (Å²) in [7, 11) is 0. The predicted octanol–water partition coefficient (Wildman–Crippen LogP) is 2.53. The number of nitrogens with zero attached hydrogens (tertiary/aromatic N) is 1. The van der Waals surface area contributed by atoms with E-state index in [1.165, 1.54) is 0 Å². The fourth-order valence-electron chi connectivity index (χ4n) is 3.04. The Hall–Kier alpha value is -3.15. The number of rotatable bonds is 6. The molecule has 3 rings (SSSR count). The first-order chi connectivity index (χ1) is 13.0. The number of anilines is 1. The van der Waals surface area contributed by atoms with Crippen molar-refractivity contribution in [1.82, 2.24) is 4.90 Å². The quantitative estimate of drug-likeness (QED) is 0.797. The maximum Gasteiger partial charge on any atom is 0.311 e. The van der Waals surface area contributed by atoms with Gasteiger partial charge >= 0.3 is 5.97 Å². The number of carbonyl (C=O) groups excluding carboxylic acids is 3. The lowest BCUT2D eigenvalue weighted by atomic mass is 10.1. The number of esters is 1. The van der Waals surface area contributed by atoms with Gasteiger partial charge < -0.3 is 15.0 Å². The summed E-state index contributed by atoms with van der Waals surface area (Å²) in [5, 5.41) is 2.71. The Bertz CT molecular complexity index is 835. The molecular weight excluding hydrogens is 344 g/mol. The molecule has 1 unspecified atom stereocenters. The summed E-state index contributed by atoms with van der Waals surface area (Å²) in [5.74, 6) is -1.53. The van der Waals surface area contributed by atoms with Gasteiger partial charge in [0.25, 0.3) is 5.91 Å². The molecule has 0 bridgehead atoms. The van der Waals surface area contributed by atoms with E-state index in [0.717, 1.165) is 11.1 Å². The molecule has 2 amide bonds. The molecule has 1 aliphatic heterocycles. The van der Waals surface area contributed by atoms with Gasteiger partial charge in [-0.15, -0.1) is 0 Å². The molecule has 2 aromatic carbocycles. The van der Waals surface area contributed by atoms with E-state index < -0.39 is 17.8 Å². The summed E-state index contributed by atoms with van der Waals surface area (Å²) < 4.78 is 5.12. The molecule has 1 heterocycles. The molecule has 6 heteroatoms. The van der Waals surface area contributed by atoms with Gasteiger partial charge in [-0.2, -0.15) is 0 Å². The highest BCUT2D eigenvalue weighted by Crippen LogP contribution is 2.21. The van der Waals surface area contributed by atoms with E-state index in [0.29, 0.717) is 18.8 Å². The molecule has 1 N–H and O–H groups in total. The number of amides is 2. The monoisotopic (exact) mass is 366 g/mol. The first-order valence-corrected chi connectivity index (χ1v) is 8.87. The average Bonchev–Trinajstić information content (AvgIpc) is 3.03. The van der Waals surface area contributed by atoms with E-state index >= 15 is 0 Å². The first-order valence-electron chi connectivity index (χ1n) is 8.87. The van der Waals surface area contributed by atoms with Crippen molar-refractivity contribution in [3.8, 4) is 0 Å². The van der Waals surface area contributed by atoms with E-state index in [-0.39, 0.29) is 18.9 Å². The van der Waals surface area contributed by atoms with Crippen LogP contribution in [0.1, 0.15) is 17.5 Å². The van der Waals surface area contributed by atoms with Crippen LogP contribution in [0.25, 0.3) is 0 Å². The van der Waals surface area contributed by atoms with E-state index in [4.69, 9.17) is 4.74 Å². The number of hydrogen-bond donors (Lipinski definition) is 1. The Kier molecular flexibility index (Phi) is 5.86. The van der Waals surface area contributed by atoms with Gasteiger partial charge in [-0.1, -0.05) is 48.5 Å². The number of carbonyl (C=O) groups is 3. The standard InChI is InChI=1S/C21H22N2O4/c1-15-7-5-6-10-18(15)22-19(24)14-27-21(26)17-11-20(25)23(13-17)12-16-8-3-2-4-9-16/h2-10,17H,11-14H2,1H3,(H,22,24). The Morgan fingerprint density at radius 1 is 1.11 bits per heavy atom. The molecule has 0 radical (unpaired) electrons. The van der Waals surface area contributed by atoms with Gasteiger partial charge in [-0.25, -0.2) is 0 Å². The van der Waals surface area contributed by atoms with Crippen molar-refractivity contribution in [3.63, 3.8) is 0 Å². The van der Waals surface area contributed by atoms with E-state index in [1.807, 2.05) is 55.5 Å². The molecule has 0 spiro atoms. The summed E-state index contributed by atoms with van der Waals surface area (Å²) in [4.78, 5) is 38.0. The van der Waals surface area contributed by atoms with Crippen LogP contribution in [0.4, 0.5) is 5.69 Å². The third-order valence-corrected chi connectivity index (χ3v) is 4.53. The fourth-order valence-corrected chi connectivity index (χ4v) is 3.04. The number of likely N-dealkylation sites (tertiary alicyclic amines) is 1. The molecule has 6 nitrogen and oxygen atoms in total. The largest absolute Gasteiger partial charge is 0.455 e. The minimum Gasteiger partial charge on any atom is -0.455 e. The van der Waals surface area contributed by atoms with Gasteiger partial charge in [0.2, 0.25) is 5.91 Å².